The van der Waals surface area contributed by atoms with Gasteiger partial charge in [-0.2, -0.15) is 13.2 Å². The number of nitrogens with zero attached hydrogens (tertiary/aromatic N) is 1. The summed E-state index contributed by atoms with van der Waals surface area (Å²) in [6.07, 6.45) is -2.70. The Morgan fingerprint density at radius 2 is 1.81 bits per heavy atom. The van der Waals surface area contributed by atoms with Gasteiger partial charge in [0, 0.05) is 13.1 Å². The molecule has 3 rings (SSSR count). The zero-order chi connectivity index (χ0) is 19.3. The number of rotatable bonds is 3. The van der Waals surface area contributed by atoms with E-state index >= 15 is 0 Å². The van der Waals surface area contributed by atoms with Crippen molar-refractivity contribution in [1.82, 2.24) is 4.90 Å². The number of halogens is 3. The lowest BCUT2D eigenvalue weighted by atomic mass is 9.74. The minimum absolute atomic E-state index is 0.0657. The first-order valence-electron chi connectivity index (χ1n) is 9.06. The number of hydrogen-bond donors (Lipinski definition) is 0. The van der Waals surface area contributed by atoms with Gasteiger partial charge >= 0.3 is 12.3 Å². The third-order valence-electron chi connectivity index (χ3n) is 5.55. The summed E-state index contributed by atoms with van der Waals surface area (Å²) in [4.78, 5) is 13.7. The van der Waals surface area contributed by atoms with E-state index in [2.05, 4.69) is 0 Å². The Balaban J connectivity index is 1.63. The average Bonchev–Trinajstić information content (AvgIpc) is 3.25. The summed E-state index contributed by atoms with van der Waals surface area (Å²) in [6, 6.07) is 6.99. The molecule has 0 aliphatic heterocycles. The van der Waals surface area contributed by atoms with Crippen molar-refractivity contribution in [3.05, 3.63) is 35.4 Å². The molecule has 144 valence electrons. The van der Waals surface area contributed by atoms with Crippen molar-refractivity contribution in [1.29, 1.82) is 0 Å². The van der Waals surface area contributed by atoms with E-state index in [1.807, 2.05) is 26.8 Å². The van der Waals surface area contributed by atoms with Gasteiger partial charge in [0.25, 0.3) is 0 Å². The Kier molecular flexibility index (Phi) is 4.52. The molecule has 0 saturated heterocycles. The van der Waals surface area contributed by atoms with Crippen LogP contribution in [0.1, 0.15) is 63.5 Å². The van der Waals surface area contributed by atoms with Crippen molar-refractivity contribution in [2.24, 2.45) is 0 Å². The molecule has 1 amide bonds. The summed E-state index contributed by atoms with van der Waals surface area (Å²) in [6.45, 7) is 5.46. The Morgan fingerprint density at radius 1 is 1.19 bits per heavy atom. The first-order valence-corrected chi connectivity index (χ1v) is 9.06. The van der Waals surface area contributed by atoms with E-state index in [4.69, 9.17) is 4.74 Å². The van der Waals surface area contributed by atoms with Crippen LogP contribution in [0.15, 0.2) is 24.3 Å². The molecular formula is C20H26F3NO2. The lowest BCUT2D eigenvalue weighted by molar-refractivity contribution is -0.160. The normalized spacial score (nSPS) is 24.6. The fourth-order valence-corrected chi connectivity index (χ4v) is 3.61. The number of benzene rings is 1. The van der Waals surface area contributed by atoms with Gasteiger partial charge in [-0.15, -0.1) is 0 Å². The minimum Gasteiger partial charge on any atom is -0.444 e. The van der Waals surface area contributed by atoms with E-state index in [1.165, 1.54) is 0 Å². The largest absolute Gasteiger partial charge is 0.444 e. The van der Waals surface area contributed by atoms with Gasteiger partial charge in [0.05, 0.1) is 5.41 Å². The van der Waals surface area contributed by atoms with Crippen LogP contribution in [0.3, 0.4) is 0 Å². The Labute approximate surface area is 152 Å². The molecular weight excluding hydrogens is 343 g/mol. The molecule has 3 nitrogen and oxygen atoms in total. The Hall–Kier alpha value is -1.72. The van der Waals surface area contributed by atoms with Gasteiger partial charge in [0.15, 0.2) is 0 Å². The van der Waals surface area contributed by atoms with Crippen LogP contribution in [0.5, 0.6) is 0 Å². The van der Waals surface area contributed by atoms with Gasteiger partial charge in [-0.1, -0.05) is 24.3 Å². The number of ether oxygens (including phenoxy) is 1. The summed E-state index contributed by atoms with van der Waals surface area (Å²) < 4.78 is 45.4. The van der Waals surface area contributed by atoms with E-state index in [0.717, 1.165) is 18.4 Å². The molecule has 1 aromatic rings. The van der Waals surface area contributed by atoms with Crippen LogP contribution >= 0.6 is 0 Å². The fourth-order valence-electron chi connectivity index (χ4n) is 3.61. The minimum atomic E-state index is -4.19. The molecule has 0 radical (unpaired) electrons. The molecule has 2 saturated carbocycles. The topological polar surface area (TPSA) is 29.5 Å². The predicted molar refractivity (Wildman–Crippen MR) is 93.2 cm³/mol. The highest BCUT2D eigenvalue weighted by Crippen LogP contribution is 2.59. The quantitative estimate of drug-likeness (QED) is 0.715. The monoisotopic (exact) mass is 369 g/mol. The Morgan fingerprint density at radius 3 is 2.31 bits per heavy atom. The van der Waals surface area contributed by atoms with Crippen molar-refractivity contribution in [2.45, 2.75) is 75.6 Å². The number of hydrogen-bond acceptors (Lipinski definition) is 2. The van der Waals surface area contributed by atoms with Crippen molar-refractivity contribution in [3.8, 4) is 0 Å². The second kappa shape index (κ2) is 6.17. The maximum absolute atomic E-state index is 13.3. The lowest BCUT2D eigenvalue weighted by Gasteiger charge is -2.41. The van der Waals surface area contributed by atoms with E-state index in [1.54, 1.807) is 30.1 Å². The molecule has 2 fully saturated rings. The third-order valence-corrected chi connectivity index (χ3v) is 5.55. The van der Waals surface area contributed by atoms with Crippen LogP contribution in [-0.2, 0) is 10.2 Å². The molecule has 0 heterocycles. The Bertz CT molecular complexity index is 683. The second-order valence-electron chi connectivity index (χ2n) is 8.62. The molecule has 0 atom stereocenters. The number of carbonyl (C=O) groups excluding carboxylic acids is 1. The molecule has 0 bridgehead atoms. The van der Waals surface area contributed by atoms with Crippen LogP contribution in [-0.4, -0.2) is 35.9 Å². The van der Waals surface area contributed by atoms with Crippen LogP contribution < -0.4 is 0 Å². The van der Waals surface area contributed by atoms with E-state index in [-0.39, 0.29) is 30.9 Å². The molecule has 0 spiro atoms. The highest BCUT2D eigenvalue weighted by molar-refractivity contribution is 5.68. The van der Waals surface area contributed by atoms with Crippen LogP contribution in [0.2, 0.25) is 0 Å². The van der Waals surface area contributed by atoms with Gasteiger partial charge in [-0.3, -0.25) is 0 Å². The zero-order valence-corrected chi connectivity index (χ0v) is 15.7. The van der Waals surface area contributed by atoms with Crippen molar-refractivity contribution >= 4 is 6.09 Å². The predicted octanol–water partition coefficient (Wildman–Crippen LogP) is 5.39. The molecule has 2 aliphatic rings. The van der Waals surface area contributed by atoms with Crippen LogP contribution in [0.4, 0.5) is 18.0 Å². The molecule has 2 aliphatic carbocycles. The molecule has 0 aromatic heterocycles. The summed E-state index contributed by atoms with van der Waals surface area (Å²) in [7, 11) is 1.72. The van der Waals surface area contributed by atoms with E-state index < -0.39 is 17.2 Å². The third kappa shape index (κ3) is 3.55. The average molecular weight is 369 g/mol. The van der Waals surface area contributed by atoms with Gasteiger partial charge < -0.3 is 9.64 Å². The van der Waals surface area contributed by atoms with E-state index in [0.29, 0.717) is 5.56 Å². The molecule has 0 unspecified atom stereocenters. The van der Waals surface area contributed by atoms with Crippen molar-refractivity contribution < 1.29 is 22.7 Å². The van der Waals surface area contributed by atoms with Gasteiger partial charge in [0.1, 0.15) is 5.60 Å². The van der Waals surface area contributed by atoms with Gasteiger partial charge in [-0.25, -0.2) is 4.79 Å². The van der Waals surface area contributed by atoms with E-state index in [9.17, 15) is 18.0 Å². The van der Waals surface area contributed by atoms with Crippen LogP contribution in [0.25, 0.3) is 0 Å². The standard InChI is InChI=1S/C20H26F3NO2/c1-18(2,3)26-17(25)24(4)16-11-14(12-16)13-6-5-7-15(10-13)19(8-9-19)20(21,22)23/h5-7,10,14,16H,8-9,11-12H2,1-4H3. The van der Waals surface area contributed by atoms with Gasteiger partial charge in [-0.05, 0) is 63.5 Å². The maximum Gasteiger partial charge on any atom is 0.410 e. The van der Waals surface area contributed by atoms with Crippen molar-refractivity contribution in [2.75, 3.05) is 7.05 Å². The number of alkyl halides is 3. The fraction of sp³-hybridized carbons (Fsp3) is 0.650. The molecule has 1 aromatic carbocycles. The SMILES string of the molecule is CN(C(=O)OC(C)(C)C)C1CC(c2cccc(C3(C(F)(F)F)CC3)c2)C1. The summed E-state index contributed by atoms with van der Waals surface area (Å²) in [5.74, 6) is 0.189. The van der Waals surface area contributed by atoms with Gasteiger partial charge in [0.2, 0.25) is 0 Å². The number of carbonyl (C=O) groups is 1. The molecule has 6 heteroatoms. The first kappa shape index (κ1) is 19.1. The van der Waals surface area contributed by atoms with Crippen LogP contribution in [0, 0.1) is 0 Å². The molecule has 26 heavy (non-hydrogen) atoms. The lowest BCUT2D eigenvalue weighted by Crippen LogP contribution is -2.46. The zero-order valence-electron chi connectivity index (χ0n) is 15.7. The smallest absolute Gasteiger partial charge is 0.410 e. The maximum atomic E-state index is 13.3. The highest BCUT2D eigenvalue weighted by atomic mass is 19.4. The summed E-state index contributed by atoms with van der Waals surface area (Å²) in [5.41, 5.74) is -0.864. The molecule has 0 N–H and O–H groups in total. The second-order valence-corrected chi connectivity index (χ2v) is 8.62. The van der Waals surface area contributed by atoms with Crippen molar-refractivity contribution in [3.63, 3.8) is 0 Å². The number of amides is 1. The summed E-state index contributed by atoms with van der Waals surface area (Å²) in [5, 5.41) is 0. The highest BCUT2D eigenvalue weighted by Gasteiger charge is 2.64. The summed E-state index contributed by atoms with van der Waals surface area (Å²) >= 11 is 0. The first-order chi connectivity index (χ1) is 11.9.